The maximum atomic E-state index is 13.3. The summed E-state index contributed by atoms with van der Waals surface area (Å²) in [4.78, 5) is 20.6. The lowest BCUT2D eigenvalue weighted by molar-refractivity contribution is 0.0473. The van der Waals surface area contributed by atoms with E-state index in [0.29, 0.717) is 11.3 Å². The van der Waals surface area contributed by atoms with Crippen molar-refractivity contribution in [2.75, 3.05) is 58.4 Å². The van der Waals surface area contributed by atoms with Crippen molar-refractivity contribution in [1.29, 1.82) is 0 Å². The van der Waals surface area contributed by atoms with E-state index in [4.69, 9.17) is 4.74 Å². The summed E-state index contributed by atoms with van der Waals surface area (Å²) < 4.78 is 5.46. The van der Waals surface area contributed by atoms with Crippen LogP contribution in [0.25, 0.3) is 0 Å². The predicted molar refractivity (Wildman–Crippen MR) is 127 cm³/mol. The summed E-state index contributed by atoms with van der Waals surface area (Å²) in [5.74, 6) is 1.38. The van der Waals surface area contributed by atoms with Crippen LogP contribution in [-0.2, 0) is 17.6 Å². The molecule has 1 aromatic rings. The molecular weight excluding hydrogens is 406 g/mol. The molecule has 5 nitrogen and oxygen atoms in total. The number of aryl methyl sites for hydroxylation is 1. The number of hydrogen-bond acceptors (Lipinski definition) is 5. The van der Waals surface area contributed by atoms with Crippen molar-refractivity contribution in [3.05, 3.63) is 34.9 Å². The molecule has 1 aliphatic carbocycles. The van der Waals surface area contributed by atoms with Crippen LogP contribution in [0.2, 0.25) is 0 Å². The third-order valence-corrected chi connectivity index (χ3v) is 8.93. The van der Waals surface area contributed by atoms with Crippen molar-refractivity contribution >= 4 is 17.7 Å². The number of rotatable bonds is 6. The lowest BCUT2D eigenvalue weighted by Crippen LogP contribution is -2.42. The third kappa shape index (κ3) is 5.29. The van der Waals surface area contributed by atoms with Gasteiger partial charge in [0.1, 0.15) is 0 Å². The summed E-state index contributed by atoms with van der Waals surface area (Å²) in [5, 5.41) is 0.695. The fourth-order valence-corrected chi connectivity index (χ4v) is 6.92. The Morgan fingerprint density at radius 2 is 1.81 bits per heavy atom. The predicted octanol–water partition coefficient (Wildman–Crippen LogP) is 3.27. The van der Waals surface area contributed by atoms with Gasteiger partial charge in [-0.2, -0.15) is 0 Å². The van der Waals surface area contributed by atoms with E-state index >= 15 is 0 Å². The number of carbonyl (C=O) groups is 1. The van der Waals surface area contributed by atoms with E-state index < -0.39 is 0 Å². The van der Waals surface area contributed by atoms with Crippen LogP contribution < -0.4 is 0 Å². The van der Waals surface area contributed by atoms with E-state index in [1.54, 1.807) is 0 Å². The Labute approximate surface area is 191 Å². The highest BCUT2D eigenvalue weighted by molar-refractivity contribution is 7.99. The SMILES string of the molecule is O=C(c1ccc2c(c1)CCC(SCN1CCOCC1)C2)N1CCC[C@H]1CN1CCCC1. The summed E-state index contributed by atoms with van der Waals surface area (Å²) in [6.45, 7) is 8.30. The van der Waals surface area contributed by atoms with Gasteiger partial charge < -0.3 is 14.5 Å². The van der Waals surface area contributed by atoms with Gasteiger partial charge in [-0.05, 0) is 81.3 Å². The Bertz CT molecular complexity index is 761. The average molecular weight is 444 g/mol. The summed E-state index contributed by atoms with van der Waals surface area (Å²) >= 11 is 2.10. The van der Waals surface area contributed by atoms with E-state index in [9.17, 15) is 4.79 Å². The molecule has 31 heavy (non-hydrogen) atoms. The van der Waals surface area contributed by atoms with Crippen molar-refractivity contribution in [2.24, 2.45) is 0 Å². The van der Waals surface area contributed by atoms with Gasteiger partial charge in [-0.1, -0.05) is 6.07 Å². The van der Waals surface area contributed by atoms with Crippen LogP contribution in [0.5, 0.6) is 0 Å². The molecule has 0 N–H and O–H groups in total. The van der Waals surface area contributed by atoms with Gasteiger partial charge in [0.2, 0.25) is 0 Å². The van der Waals surface area contributed by atoms with Crippen LogP contribution in [-0.4, -0.2) is 90.3 Å². The number of fused-ring (bicyclic) bond motifs is 1. The van der Waals surface area contributed by atoms with Crippen molar-refractivity contribution in [3.8, 4) is 0 Å². The van der Waals surface area contributed by atoms with Gasteiger partial charge in [-0.25, -0.2) is 0 Å². The van der Waals surface area contributed by atoms with Crippen molar-refractivity contribution < 1.29 is 9.53 Å². The number of hydrogen-bond donors (Lipinski definition) is 0. The van der Waals surface area contributed by atoms with E-state index in [-0.39, 0.29) is 5.91 Å². The molecule has 1 aromatic carbocycles. The summed E-state index contributed by atoms with van der Waals surface area (Å²) in [7, 11) is 0. The first-order valence-electron chi connectivity index (χ1n) is 12.3. The van der Waals surface area contributed by atoms with Gasteiger partial charge in [0.05, 0.1) is 13.2 Å². The second-order valence-corrected chi connectivity index (χ2v) is 10.9. The van der Waals surface area contributed by atoms with Crippen LogP contribution in [0.1, 0.15) is 53.6 Å². The zero-order valence-electron chi connectivity index (χ0n) is 18.8. The Morgan fingerprint density at radius 1 is 0.968 bits per heavy atom. The summed E-state index contributed by atoms with van der Waals surface area (Å²) in [6, 6.07) is 6.96. The molecule has 0 spiro atoms. The number of thioether (sulfide) groups is 1. The molecule has 4 aliphatic rings. The summed E-state index contributed by atoms with van der Waals surface area (Å²) in [6.07, 6.45) is 8.41. The quantitative estimate of drug-likeness (QED) is 0.674. The molecule has 0 aromatic heterocycles. The molecule has 3 fully saturated rings. The van der Waals surface area contributed by atoms with Gasteiger partial charge in [0, 0.05) is 48.9 Å². The molecule has 1 unspecified atom stereocenters. The minimum Gasteiger partial charge on any atom is -0.379 e. The Morgan fingerprint density at radius 3 is 2.65 bits per heavy atom. The second-order valence-electron chi connectivity index (χ2n) is 9.68. The smallest absolute Gasteiger partial charge is 0.254 e. The van der Waals surface area contributed by atoms with Gasteiger partial charge in [-0.3, -0.25) is 9.69 Å². The largest absolute Gasteiger partial charge is 0.379 e. The Balaban J connectivity index is 1.18. The first-order valence-corrected chi connectivity index (χ1v) is 13.4. The Kier molecular flexibility index (Phi) is 7.18. The highest BCUT2D eigenvalue weighted by Gasteiger charge is 2.32. The van der Waals surface area contributed by atoms with Crippen LogP contribution in [0.15, 0.2) is 18.2 Å². The minimum absolute atomic E-state index is 0.258. The number of benzene rings is 1. The van der Waals surface area contributed by atoms with Crippen LogP contribution in [0.4, 0.5) is 0 Å². The molecular formula is C25H37N3O2S. The van der Waals surface area contributed by atoms with E-state index in [1.807, 2.05) is 0 Å². The minimum atomic E-state index is 0.258. The standard InChI is InChI=1S/C25H37N3O2S/c29-25(28-11-3-4-23(28)18-26-9-1-2-10-26)22-6-5-21-17-24(8-7-20(21)16-22)31-19-27-12-14-30-15-13-27/h5-6,16,23-24H,1-4,7-15,17-19H2/t23-,24?/m0/s1. The van der Waals surface area contributed by atoms with Crippen LogP contribution >= 0.6 is 11.8 Å². The first kappa shape index (κ1) is 21.7. The maximum absolute atomic E-state index is 13.3. The third-order valence-electron chi connectivity index (χ3n) is 7.54. The number of likely N-dealkylation sites (tertiary alicyclic amines) is 2. The molecule has 5 rings (SSSR count). The zero-order chi connectivity index (χ0) is 21.0. The maximum Gasteiger partial charge on any atom is 0.254 e. The first-order chi connectivity index (χ1) is 15.3. The highest BCUT2D eigenvalue weighted by atomic mass is 32.2. The fraction of sp³-hybridized carbons (Fsp3) is 0.720. The monoisotopic (exact) mass is 443 g/mol. The number of carbonyl (C=O) groups excluding carboxylic acids is 1. The van der Waals surface area contributed by atoms with E-state index in [0.717, 1.165) is 76.5 Å². The molecule has 3 saturated heterocycles. The Hall–Kier alpha value is -1.08. The lowest BCUT2D eigenvalue weighted by atomic mass is 9.90. The van der Waals surface area contributed by atoms with Gasteiger partial charge in [0.15, 0.2) is 0 Å². The van der Waals surface area contributed by atoms with Gasteiger partial charge >= 0.3 is 0 Å². The molecule has 1 amide bonds. The van der Waals surface area contributed by atoms with Crippen LogP contribution in [0, 0.1) is 0 Å². The fourth-order valence-electron chi connectivity index (χ4n) is 5.66. The molecule has 0 bridgehead atoms. The number of nitrogens with zero attached hydrogens (tertiary/aromatic N) is 3. The van der Waals surface area contributed by atoms with Gasteiger partial charge in [0.25, 0.3) is 5.91 Å². The number of morpholine rings is 1. The van der Waals surface area contributed by atoms with Gasteiger partial charge in [-0.15, -0.1) is 11.8 Å². The molecule has 170 valence electrons. The second kappa shape index (κ2) is 10.2. The molecule has 6 heteroatoms. The lowest BCUT2D eigenvalue weighted by Gasteiger charge is -2.31. The zero-order valence-corrected chi connectivity index (χ0v) is 19.6. The van der Waals surface area contributed by atoms with Crippen molar-refractivity contribution in [1.82, 2.24) is 14.7 Å². The number of ether oxygens (including phenoxy) is 1. The number of amides is 1. The van der Waals surface area contributed by atoms with Crippen LogP contribution in [0.3, 0.4) is 0 Å². The van der Waals surface area contributed by atoms with Crippen molar-refractivity contribution in [2.45, 2.75) is 56.2 Å². The normalized spacial score (nSPS) is 27.5. The topological polar surface area (TPSA) is 36.0 Å². The highest BCUT2D eigenvalue weighted by Crippen LogP contribution is 2.31. The summed E-state index contributed by atoms with van der Waals surface area (Å²) in [5.41, 5.74) is 3.77. The molecule has 0 saturated carbocycles. The average Bonchev–Trinajstić information content (AvgIpc) is 3.50. The van der Waals surface area contributed by atoms with E-state index in [2.05, 4.69) is 44.7 Å². The van der Waals surface area contributed by atoms with Crippen molar-refractivity contribution in [3.63, 3.8) is 0 Å². The molecule has 0 radical (unpaired) electrons. The molecule has 3 heterocycles. The van der Waals surface area contributed by atoms with E-state index in [1.165, 1.54) is 43.5 Å². The molecule has 3 aliphatic heterocycles. The molecule has 2 atom stereocenters.